The summed E-state index contributed by atoms with van der Waals surface area (Å²) in [6, 6.07) is 5.97. The lowest BCUT2D eigenvalue weighted by Gasteiger charge is -2.26. The Morgan fingerprint density at radius 2 is 1.68 bits per heavy atom. The van der Waals surface area contributed by atoms with Gasteiger partial charge in [-0.05, 0) is 23.8 Å². The van der Waals surface area contributed by atoms with Crippen LogP contribution in [0.4, 0.5) is 14.5 Å². The number of hydrogen-bond donors (Lipinski definition) is 1. The van der Waals surface area contributed by atoms with Crippen LogP contribution in [0.1, 0.15) is 28.3 Å². The first-order chi connectivity index (χ1) is 14.7. The van der Waals surface area contributed by atoms with Gasteiger partial charge in [-0.1, -0.05) is 12.1 Å². The van der Waals surface area contributed by atoms with Crippen LogP contribution < -0.4 is 5.32 Å². The first-order valence-corrected chi connectivity index (χ1v) is 8.82. The summed E-state index contributed by atoms with van der Waals surface area (Å²) in [4.78, 5) is 47.2. The van der Waals surface area contributed by atoms with E-state index in [0.717, 1.165) is 26.4 Å². The van der Waals surface area contributed by atoms with Crippen molar-refractivity contribution in [3.05, 3.63) is 75.3 Å². The van der Waals surface area contributed by atoms with Crippen LogP contribution in [0.3, 0.4) is 0 Å². The topological polar surface area (TPSA) is 125 Å². The van der Waals surface area contributed by atoms with Gasteiger partial charge in [-0.3, -0.25) is 19.7 Å². The van der Waals surface area contributed by atoms with Crippen LogP contribution in [0.2, 0.25) is 0 Å². The summed E-state index contributed by atoms with van der Waals surface area (Å²) in [6.45, 7) is 0. The summed E-state index contributed by atoms with van der Waals surface area (Å²) in [5, 5.41) is 13.2. The molecule has 0 unspecified atom stereocenters. The van der Waals surface area contributed by atoms with E-state index < -0.39 is 46.4 Å². The van der Waals surface area contributed by atoms with Crippen molar-refractivity contribution in [1.82, 2.24) is 5.32 Å². The Balaban J connectivity index is 2.43. The smallest absolute Gasteiger partial charge is 0.329 e. The summed E-state index contributed by atoms with van der Waals surface area (Å²) < 4.78 is 36.0. The van der Waals surface area contributed by atoms with Gasteiger partial charge >= 0.3 is 11.9 Å². The molecule has 0 bridgehead atoms. The highest BCUT2D eigenvalue weighted by molar-refractivity contribution is 5.97. The maximum Gasteiger partial charge on any atom is 0.329 e. The van der Waals surface area contributed by atoms with Gasteiger partial charge in [-0.25, -0.2) is 13.6 Å². The Morgan fingerprint density at radius 1 is 1.03 bits per heavy atom. The fraction of sp³-hybridized carbons (Fsp3) is 0.250. The third-order valence-electron chi connectivity index (χ3n) is 4.47. The lowest BCUT2D eigenvalue weighted by molar-refractivity contribution is -0.384. The van der Waals surface area contributed by atoms with E-state index in [0.29, 0.717) is 11.6 Å². The SMILES string of the molecule is COC(=O)C[C@H](c1ccc([N+](=O)[O-])cc1)[C@@H](NC(=O)c1ccc(F)c(F)c1)C(=O)OC. The number of methoxy groups -OCH3 is 2. The standard InChI is InChI=1S/C20H18F2N2O7/c1-30-17(25)10-14(11-3-6-13(7-4-11)24(28)29)18(20(27)31-2)23-19(26)12-5-8-15(21)16(22)9-12/h3-9,14,18H,10H2,1-2H3,(H,23,26)/t14-,18-/m1/s1. The van der Waals surface area contributed by atoms with E-state index in [9.17, 15) is 33.3 Å². The number of non-ortho nitro benzene ring substituents is 1. The number of ether oxygens (including phenoxy) is 2. The second-order valence-corrected chi connectivity index (χ2v) is 6.34. The van der Waals surface area contributed by atoms with E-state index in [2.05, 4.69) is 10.1 Å². The molecule has 0 saturated heterocycles. The summed E-state index contributed by atoms with van der Waals surface area (Å²) in [6.07, 6.45) is -0.383. The zero-order valence-electron chi connectivity index (χ0n) is 16.5. The number of carbonyl (C=O) groups is 3. The average Bonchev–Trinajstić information content (AvgIpc) is 2.77. The van der Waals surface area contributed by atoms with Crippen molar-refractivity contribution in [2.24, 2.45) is 0 Å². The molecule has 2 aromatic carbocycles. The third-order valence-corrected chi connectivity index (χ3v) is 4.47. The van der Waals surface area contributed by atoms with Crippen molar-refractivity contribution in [2.75, 3.05) is 14.2 Å². The fourth-order valence-corrected chi connectivity index (χ4v) is 2.85. The zero-order valence-corrected chi connectivity index (χ0v) is 16.5. The number of carbonyl (C=O) groups excluding carboxylic acids is 3. The van der Waals surface area contributed by atoms with Gasteiger partial charge in [-0.2, -0.15) is 0 Å². The molecule has 0 aromatic heterocycles. The summed E-state index contributed by atoms with van der Waals surface area (Å²) in [5.74, 6) is -6.03. The number of nitro benzene ring substituents is 1. The molecule has 2 atom stereocenters. The van der Waals surface area contributed by atoms with E-state index in [1.165, 1.54) is 24.3 Å². The van der Waals surface area contributed by atoms with Crippen molar-refractivity contribution < 1.29 is 37.6 Å². The predicted molar refractivity (Wildman–Crippen MR) is 102 cm³/mol. The Bertz CT molecular complexity index is 996. The first kappa shape index (κ1) is 23.4. The van der Waals surface area contributed by atoms with Gasteiger partial charge in [0.1, 0.15) is 6.04 Å². The van der Waals surface area contributed by atoms with Crippen molar-refractivity contribution in [2.45, 2.75) is 18.4 Å². The van der Waals surface area contributed by atoms with Gasteiger partial charge in [0.2, 0.25) is 0 Å². The molecule has 1 N–H and O–H groups in total. The van der Waals surface area contributed by atoms with E-state index in [-0.39, 0.29) is 17.7 Å². The van der Waals surface area contributed by atoms with Crippen LogP contribution in [-0.2, 0) is 19.1 Å². The minimum absolute atomic E-state index is 0.221. The average molecular weight is 436 g/mol. The number of halogens is 2. The molecule has 0 aliphatic heterocycles. The van der Waals surface area contributed by atoms with Gasteiger partial charge in [0, 0.05) is 23.6 Å². The van der Waals surface area contributed by atoms with E-state index in [1.54, 1.807) is 0 Å². The number of nitro groups is 1. The molecule has 31 heavy (non-hydrogen) atoms. The minimum Gasteiger partial charge on any atom is -0.469 e. The van der Waals surface area contributed by atoms with Gasteiger partial charge in [-0.15, -0.1) is 0 Å². The molecular formula is C20H18F2N2O7. The Kier molecular flexibility index (Phi) is 7.72. The van der Waals surface area contributed by atoms with Crippen LogP contribution in [0.5, 0.6) is 0 Å². The van der Waals surface area contributed by atoms with Gasteiger partial charge < -0.3 is 14.8 Å². The Labute approximate surface area is 175 Å². The second kappa shape index (κ2) is 10.2. The monoisotopic (exact) mass is 436 g/mol. The molecule has 9 nitrogen and oxygen atoms in total. The molecule has 2 rings (SSSR count). The first-order valence-electron chi connectivity index (χ1n) is 8.82. The number of benzene rings is 2. The summed E-state index contributed by atoms with van der Waals surface area (Å²) >= 11 is 0. The molecule has 0 fully saturated rings. The third kappa shape index (κ3) is 5.81. The van der Waals surface area contributed by atoms with E-state index >= 15 is 0 Å². The highest BCUT2D eigenvalue weighted by atomic mass is 19.2. The van der Waals surface area contributed by atoms with Gasteiger partial charge in [0.05, 0.1) is 25.6 Å². The highest BCUT2D eigenvalue weighted by Gasteiger charge is 2.34. The van der Waals surface area contributed by atoms with Crippen molar-refractivity contribution in [3.8, 4) is 0 Å². The summed E-state index contributed by atoms with van der Waals surface area (Å²) in [7, 11) is 2.19. The van der Waals surface area contributed by atoms with Crippen LogP contribution in [-0.4, -0.2) is 43.0 Å². The number of amides is 1. The molecule has 2 aromatic rings. The Hall–Kier alpha value is -3.89. The second-order valence-electron chi connectivity index (χ2n) is 6.34. The molecule has 0 heterocycles. The maximum absolute atomic E-state index is 13.5. The quantitative estimate of drug-likeness (QED) is 0.383. The molecule has 0 aliphatic carbocycles. The number of hydrogen-bond acceptors (Lipinski definition) is 7. The largest absolute Gasteiger partial charge is 0.469 e. The van der Waals surface area contributed by atoms with E-state index in [1.807, 2.05) is 0 Å². The van der Waals surface area contributed by atoms with Crippen molar-refractivity contribution in [1.29, 1.82) is 0 Å². The lowest BCUT2D eigenvalue weighted by Crippen LogP contribution is -2.46. The molecule has 164 valence electrons. The van der Waals surface area contributed by atoms with Gasteiger partial charge in [0.25, 0.3) is 11.6 Å². The number of rotatable bonds is 8. The maximum atomic E-state index is 13.5. The van der Waals surface area contributed by atoms with Crippen molar-refractivity contribution >= 4 is 23.5 Å². The molecule has 0 radical (unpaired) electrons. The molecule has 0 aliphatic rings. The number of nitrogens with one attached hydrogen (secondary N) is 1. The summed E-state index contributed by atoms with van der Waals surface area (Å²) in [5.41, 5.74) is -0.189. The van der Waals surface area contributed by atoms with Crippen LogP contribution in [0, 0.1) is 21.7 Å². The molecule has 0 spiro atoms. The molecule has 11 heteroatoms. The van der Waals surface area contributed by atoms with E-state index in [4.69, 9.17) is 4.74 Å². The minimum atomic E-state index is -1.44. The predicted octanol–water partition coefficient (Wildman–Crippen LogP) is 2.49. The van der Waals surface area contributed by atoms with Crippen LogP contribution in [0.25, 0.3) is 0 Å². The van der Waals surface area contributed by atoms with Crippen molar-refractivity contribution in [3.63, 3.8) is 0 Å². The molecular weight excluding hydrogens is 418 g/mol. The van der Waals surface area contributed by atoms with Crippen LogP contribution >= 0.6 is 0 Å². The molecule has 0 saturated carbocycles. The highest BCUT2D eigenvalue weighted by Crippen LogP contribution is 2.27. The lowest BCUT2D eigenvalue weighted by atomic mass is 9.88. The number of esters is 2. The molecule has 1 amide bonds. The van der Waals surface area contributed by atoms with Crippen LogP contribution in [0.15, 0.2) is 42.5 Å². The zero-order chi connectivity index (χ0) is 23.1. The van der Waals surface area contributed by atoms with Gasteiger partial charge in [0.15, 0.2) is 11.6 Å². The number of nitrogens with zero attached hydrogens (tertiary/aromatic N) is 1. The fourth-order valence-electron chi connectivity index (χ4n) is 2.85. The normalized spacial score (nSPS) is 12.4. The Morgan fingerprint density at radius 3 is 2.19 bits per heavy atom.